The van der Waals surface area contributed by atoms with Crippen LogP contribution in [0.1, 0.15) is 54.1 Å². The molecule has 3 N–H and O–H groups in total. The van der Waals surface area contributed by atoms with Gasteiger partial charge in [-0.2, -0.15) is 0 Å². The first kappa shape index (κ1) is 18.1. The minimum absolute atomic E-state index is 0.278. The molecule has 2 heterocycles. The van der Waals surface area contributed by atoms with Gasteiger partial charge < -0.3 is 10.1 Å². The van der Waals surface area contributed by atoms with Gasteiger partial charge in [-0.1, -0.05) is 12.1 Å². The molecule has 0 radical (unpaired) electrons. The lowest BCUT2D eigenvalue weighted by molar-refractivity contribution is -0.00392. The molecule has 0 saturated heterocycles. The third-order valence-electron chi connectivity index (χ3n) is 7.43. The Hall–Kier alpha value is -2.67. The number of hydrogen-bond acceptors (Lipinski definition) is 5. The monoisotopic (exact) mass is 421 g/mol. The second-order valence-corrected chi connectivity index (χ2v) is 10.1. The average molecular weight is 422 g/mol. The summed E-state index contributed by atoms with van der Waals surface area (Å²) in [5.41, 5.74) is 0.692. The number of carbonyl (C=O) groups is 1. The van der Waals surface area contributed by atoms with E-state index in [1.165, 1.54) is 43.4 Å². The molecule has 4 fully saturated rings. The number of aromatic nitrogens is 2. The van der Waals surface area contributed by atoms with Crippen molar-refractivity contribution in [1.29, 1.82) is 0 Å². The number of carbonyl (C=O) groups excluding carboxylic acids is 1. The van der Waals surface area contributed by atoms with Crippen molar-refractivity contribution in [2.75, 3.05) is 5.32 Å². The van der Waals surface area contributed by atoms with Crippen molar-refractivity contribution in [1.82, 2.24) is 9.97 Å². The van der Waals surface area contributed by atoms with Crippen molar-refractivity contribution >= 4 is 33.3 Å². The Morgan fingerprint density at radius 3 is 2.53 bits per heavy atom. The van der Waals surface area contributed by atoms with Gasteiger partial charge in [0.2, 0.25) is 0 Å². The summed E-state index contributed by atoms with van der Waals surface area (Å²) in [5.74, 6) is 2.82. The smallest absolute Gasteiger partial charge is 0.266 e. The Kier molecular flexibility index (Phi) is 4.03. The van der Waals surface area contributed by atoms with Crippen molar-refractivity contribution in [2.24, 2.45) is 23.7 Å². The van der Waals surface area contributed by atoms with Crippen LogP contribution in [0.2, 0.25) is 0 Å². The van der Waals surface area contributed by atoms with E-state index in [1.54, 1.807) is 24.3 Å². The molecule has 0 atom stereocenters. The third-order valence-corrected chi connectivity index (χ3v) is 8.21. The largest absolute Gasteiger partial charge is 0.506 e. The van der Waals surface area contributed by atoms with Crippen molar-refractivity contribution in [3.8, 4) is 5.75 Å². The van der Waals surface area contributed by atoms with Gasteiger partial charge >= 0.3 is 0 Å². The number of pyridine rings is 1. The van der Waals surface area contributed by atoms with Gasteiger partial charge in [0.15, 0.2) is 5.13 Å². The molecule has 3 aromatic rings. The van der Waals surface area contributed by atoms with Crippen molar-refractivity contribution < 1.29 is 9.90 Å². The lowest BCUT2D eigenvalue weighted by Crippen LogP contribution is -2.43. The summed E-state index contributed by atoms with van der Waals surface area (Å²) in [6, 6.07) is 6.88. The number of benzene rings is 1. The van der Waals surface area contributed by atoms with E-state index in [0.717, 1.165) is 29.4 Å². The summed E-state index contributed by atoms with van der Waals surface area (Å²) in [5, 5.41) is 16.2. The molecule has 4 bridgehead atoms. The van der Waals surface area contributed by atoms with Crippen LogP contribution in [0.4, 0.5) is 5.13 Å². The summed E-state index contributed by atoms with van der Waals surface area (Å²) < 4.78 is 0. The summed E-state index contributed by atoms with van der Waals surface area (Å²) >= 11 is 1.40. The highest BCUT2D eigenvalue weighted by molar-refractivity contribution is 7.14. The van der Waals surface area contributed by atoms with Crippen molar-refractivity contribution in [2.45, 2.75) is 38.0 Å². The Bertz CT molecular complexity index is 1190. The lowest BCUT2D eigenvalue weighted by Gasteiger charge is -2.54. The molecular formula is C23H23N3O3S. The van der Waals surface area contributed by atoms with Crippen LogP contribution in [0.5, 0.6) is 5.75 Å². The summed E-state index contributed by atoms with van der Waals surface area (Å²) in [7, 11) is 0. The summed E-state index contributed by atoms with van der Waals surface area (Å²) in [6.07, 6.45) is 6.69. The number of nitrogens with zero attached hydrogens (tertiary/aromatic N) is 1. The predicted molar refractivity (Wildman–Crippen MR) is 116 cm³/mol. The molecule has 6 nitrogen and oxygen atoms in total. The number of hydrogen-bond donors (Lipinski definition) is 3. The molecular weight excluding hydrogens is 398 g/mol. The molecule has 154 valence electrons. The van der Waals surface area contributed by atoms with Crippen LogP contribution in [-0.4, -0.2) is 21.0 Å². The zero-order valence-corrected chi connectivity index (χ0v) is 17.2. The Morgan fingerprint density at radius 2 is 1.80 bits per heavy atom. The number of rotatable bonds is 3. The number of aromatic amines is 1. The van der Waals surface area contributed by atoms with Gasteiger partial charge in [-0.3, -0.25) is 14.9 Å². The van der Waals surface area contributed by atoms with Gasteiger partial charge in [0.25, 0.3) is 11.5 Å². The highest BCUT2D eigenvalue weighted by atomic mass is 32.1. The zero-order valence-electron chi connectivity index (χ0n) is 16.4. The van der Waals surface area contributed by atoms with Crippen LogP contribution in [-0.2, 0) is 0 Å². The Morgan fingerprint density at radius 1 is 1.10 bits per heavy atom. The normalized spacial score (nSPS) is 29.4. The van der Waals surface area contributed by atoms with Crippen molar-refractivity contribution in [3.63, 3.8) is 0 Å². The maximum atomic E-state index is 12.8. The van der Waals surface area contributed by atoms with Crippen LogP contribution in [0.15, 0.2) is 34.4 Å². The lowest BCUT2D eigenvalue weighted by atomic mass is 9.51. The maximum absolute atomic E-state index is 12.8. The molecule has 1 aromatic carbocycles. The van der Waals surface area contributed by atoms with Gasteiger partial charge in [-0.15, -0.1) is 11.3 Å². The van der Waals surface area contributed by atoms with Gasteiger partial charge in [-0.05, 0) is 67.9 Å². The molecule has 2 aromatic heterocycles. The number of H-pyrrole nitrogens is 1. The van der Waals surface area contributed by atoms with Crippen LogP contribution in [0, 0.1) is 23.7 Å². The summed E-state index contributed by atoms with van der Waals surface area (Å²) in [6.45, 7) is 0. The zero-order chi connectivity index (χ0) is 20.4. The molecule has 1 amide bonds. The average Bonchev–Trinajstić information content (AvgIpc) is 3.15. The summed E-state index contributed by atoms with van der Waals surface area (Å²) in [4.78, 5) is 32.6. The van der Waals surface area contributed by atoms with E-state index in [2.05, 4.69) is 15.7 Å². The SMILES string of the molecule is O=C(Nc1nc(C2C3CC4CC(C3)CC2C4)cs1)c1c(O)c2ccccc2[nH]c1=O. The van der Waals surface area contributed by atoms with Gasteiger partial charge in [0.05, 0.1) is 11.2 Å². The number of amides is 1. The third kappa shape index (κ3) is 2.79. The first-order valence-corrected chi connectivity index (χ1v) is 11.6. The number of thiazole rings is 1. The second kappa shape index (κ2) is 6.67. The molecule has 4 aliphatic carbocycles. The van der Waals surface area contributed by atoms with E-state index in [9.17, 15) is 14.7 Å². The molecule has 4 aliphatic rings. The molecule has 30 heavy (non-hydrogen) atoms. The fourth-order valence-electron chi connectivity index (χ4n) is 6.50. The standard InChI is InChI=1S/C23H23N3O3S/c27-20-15-3-1-2-4-16(15)24-21(28)19(20)22(29)26-23-25-17(10-30-23)18-13-6-11-5-12(8-13)9-14(18)7-11/h1-4,10-14,18H,5-9H2,(H2,24,27,28)(H,25,26,29). The first-order valence-electron chi connectivity index (χ1n) is 10.7. The first-order chi connectivity index (χ1) is 14.6. The highest BCUT2D eigenvalue weighted by Crippen LogP contribution is 2.59. The quantitative estimate of drug-likeness (QED) is 0.581. The van der Waals surface area contributed by atoms with E-state index in [4.69, 9.17) is 4.98 Å². The number of para-hydroxylation sites is 1. The molecule has 0 spiro atoms. The second-order valence-electron chi connectivity index (χ2n) is 9.21. The number of fused-ring (bicyclic) bond motifs is 1. The van der Waals surface area contributed by atoms with Crippen LogP contribution in [0.3, 0.4) is 0 Å². The van der Waals surface area contributed by atoms with Gasteiger partial charge in [0, 0.05) is 16.7 Å². The molecule has 0 aliphatic heterocycles. The van der Waals surface area contributed by atoms with E-state index >= 15 is 0 Å². The molecule has 4 saturated carbocycles. The fraction of sp³-hybridized carbons (Fsp3) is 0.435. The number of aromatic hydroxyl groups is 1. The van der Waals surface area contributed by atoms with E-state index in [-0.39, 0.29) is 11.3 Å². The van der Waals surface area contributed by atoms with Gasteiger partial charge in [0.1, 0.15) is 11.3 Å². The fourth-order valence-corrected chi connectivity index (χ4v) is 7.25. The minimum atomic E-state index is -0.634. The molecule has 0 unspecified atom stereocenters. The predicted octanol–water partition coefficient (Wildman–Crippen LogP) is 4.48. The molecule has 7 heteroatoms. The topological polar surface area (TPSA) is 95.1 Å². The van der Waals surface area contributed by atoms with Gasteiger partial charge in [-0.25, -0.2) is 4.98 Å². The van der Waals surface area contributed by atoms with Crippen molar-refractivity contribution in [3.05, 3.63) is 51.3 Å². The number of nitrogens with one attached hydrogen (secondary N) is 2. The van der Waals surface area contributed by atoms with E-state index in [1.807, 2.05) is 0 Å². The van der Waals surface area contributed by atoms with Crippen LogP contribution >= 0.6 is 11.3 Å². The Balaban J connectivity index is 1.27. The minimum Gasteiger partial charge on any atom is -0.506 e. The Labute approximate surface area is 177 Å². The van der Waals surface area contributed by atoms with Crippen LogP contribution < -0.4 is 10.9 Å². The highest BCUT2D eigenvalue weighted by Gasteiger charge is 2.49. The van der Waals surface area contributed by atoms with E-state index in [0.29, 0.717) is 22.0 Å². The van der Waals surface area contributed by atoms with E-state index < -0.39 is 11.5 Å². The molecule has 7 rings (SSSR count). The van der Waals surface area contributed by atoms with Crippen LogP contribution in [0.25, 0.3) is 10.9 Å². The number of anilines is 1. The maximum Gasteiger partial charge on any atom is 0.266 e.